The van der Waals surface area contributed by atoms with E-state index in [2.05, 4.69) is 6.92 Å². The van der Waals surface area contributed by atoms with Crippen molar-refractivity contribution < 1.29 is 19.0 Å². The highest BCUT2D eigenvalue weighted by atomic mass is 16.6. The minimum Gasteiger partial charge on any atom is -0.382 e. The van der Waals surface area contributed by atoms with Crippen LogP contribution >= 0.6 is 0 Å². The number of hydrogen-bond donors (Lipinski definition) is 0. The van der Waals surface area contributed by atoms with Gasteiger partial charge in [0.25, 0.3) is 0 Å². The van der Waals surface area contributed by atoms with Crippen LogP contribution in [0.15, 0.2) is 0 Å². The summed E-state index contributed by atoms with van der Waals surface area (Å²) < 4.78 is 15.9. The lowest BCUT2D eigenvalue weighted by molar-refractivity contribution is -0.167. The molecule has 0 bridgehead atoms. The molecule has 0 aliphatic heterocycles. The summed E-state index contributed by atoms with van der Waals surface area (Å²) in [6, 6.07) is 0. The Morgan fingerprint density at radius 2 is 2.00 bits per heavy atom. The van der Waals surface area contributed by atoms with Crippen LogP contribution in [0, 0.1) is 0 Å². The number of carbonyl (C=O) groups excluding carboxylic acids is 1. The van der Waals surface area contributed by atoms with Gasteiger partial charge < -0.3 is 14.2 Å². The van der Waals surface area contributed by atoms with Crippen LogP contribution in [-0.2, 0) is 19.0 Å². The summed E-state index contributed by atoms with van der Waals surface area (Å²) in [6.45, 7) is 3.87. The summed E-state index contributed by atoms with van der Waals surface area (Å²) in [6.07, 6.45) is 3.55. The predicted octanol–water partition coefficient (Wildman–Crippen LogP) is 1.57. The summed E-state index contributed by atoms with van der Waals surface area (Å²) in [5, 5.41) is 0. The van der Waals surface area contributed by atoms with Crippen molar-refractivity contribution in [1.82, 2.24) is 0 Å². The van der Waals surface area contributed by atoms with Gasteiger partial charge in [-0.1, -0.05) is 19.8 Å². The predicted molar refractivity (Wildman–Crippen MR) is 60.5 cm³/mol. The van der Waals surface area contributed by atoms with E-state index in [1.165, 1.54) is 12.8 Å². The second-order valence-electron chi connectivity index (χ2n) is 4.07. The third-order valence-electron chi connectivity index (χ3n) is 2.72. The Kier molecular flexibility index (Phi) is 6.61. The fourth-order valence-corrected chi connectivity index (χ4v) is 1.66. The van der Waals surface area contributed by atoms with E-state index >= 15 is 0 Å². The lowest BCUT2D eigenvalue weighted by atomic mass is 9.90. The molecular formula is C12H22O4. The van der Waals surface area contributed by atoms with Gasteiger partial charge in [0, 0.05) is 20.1 Å². The first-order valence-electron chi connectivity index (χ1n) is 6.04. The maximum absolute atomic E-state index is 11.3. The van der Waals surface area contributed by atoms with E-state index in [0.717, 1.165) is 13.0 Å². The highest BCUT2D eigenvalue weighted by Crippen LogP contribution is 2.23. The highest BCUT2D eigenvalue weighted by Gasteiger charge is 2.41. The molecular weight excluding hydrogens is 208 g/mol. The van der Waals surface area contributed by atoms with Crippen LogP contribution in [-0.4, -0.2) is 44.9 Å². The van der Waals surface area contributed by atoms with E-state index in [-0.39, 0.29) is 18.0 Å². The molecule has 1 fully saturated rings. The molecule has 16 heavy (non-hydrogen) atoms. The zero-order valence-corrected chi connectivity index (χ0v) is 10.2. The SMILES string of the molecule is CCCCCOC1CC(=O)C1OCCOC. The topological polar surface area (TPSA) is 44.8 Å². The van der Waals surface area contributed by atoms with Gasteiger partial charge in [0.15, 0.2) is 5.78 Å². The van der Waals surface area contributed by atoms with E-state index in [0.29, 0.717) is 19.6 Å². The molecule has 1 aliphatic carbocycles. The van der Waals surface area contributed by atoms with Gasteiger partial charge in [-0.15, -0.1) is 0 Å². The molecule has 1 aliphatic rings. The first-order chi connectivity index (χ1) is 7.79. The van der Waals surface area contributed by atoms with Crippen molar-refractivity contribution in [2.75, 3.05) is 26.9 Å². The molecule has 2 unspecified atom stereocenters. The van der Waals surface area contributed by atoms with Gasteiger partial charge in [-0.25, -0.2) is 0 Å². The van der Waals surface area contributed by atoms with E-state index in [4.69, 9.17) is 14.2 Å². The largest absolute Gasteiger partial charge is 0.382 e. The zero-order valence-electron chi connectivity index (χ0n) is 10.2. The Morgan fingerprint density at radius 3 is 2.62 bits per heavy atom. The summed E-state index contributed by atoms with van der Waals surface area (Å²) in [4.78, 5) is 11.3. The van der Waals surface area contributed by atoms with Gasteiger partial charge >= 0.3 is 0 Å². The highest BCUT2D eigenvalue weighted by molar-refractivity contribution is 5.90. The molecule has 4 nitrogen and oxygen atoms in total. The number of methoxy groups -OCH3 is 1. The van der Waals surface area contributed by atoms with Crippen LogP contribution in [0.2, 0.25) is 0 Å². The van der Waals surface area contributed by atoms with Crippen LogP contribution in [0.1, 0.15) is 32.6 Å². The van der Waals surface area contributed by atoms with Crippen molar-refractivity contribution in [3.63, 3.8) is 0 Å². The maximum atomic E-state index is 11.3. The summed E-state index contributed by atoms with van der Waals surface area (Å²) >= 11 is 0. The zero-order chi connectivity index (χ0) is 11.8. The summed E-state index contributed by atoms with van der Waals surface area (Å²) in [7, 11) is 1.62. The lowest BCUT2D eigenvalue weighted by Crippen LogP contribution is -2.51. The number of ether oxygens (including phenoxy) is 3. The molecule has 1 saturated carbocycles. The van der Waals surface area contributed by atoms with Crippen molar-refractivity contribution in [2.24, 2.45) is 0 Å². The normalized spacial score (nSPS) is 24.5. The van der Waals surface area contributed by atoms with Gasteiger partial charge in [0.1, 0.15) is 6.10 Å². The van der Waals surface area contributed by atoms with Gasteiger partial charge in [-0.05, 0) is 6.42 Å². The fourth-order valence-electron chi connectivity index (χ4n) is 1.66. The van der Waals surface area contributed by atoms with Crippen LogP contribution < -0.4 is 0 Å². The Balaban J connectivity index is 2.09. The van der Waals surface area contributed by atoms with Crippen molar-refractivity contribution >= 4 is 5.78 Å². The molecule has 4 heteroatoms. The second kappa shape index (κ2) is 7.76. The first kappa shape index (κ1) is 13.6. The van der Waals surface area contributed by atoms with Crippen molar-refractivity contribution in [3.05, 3.63) is 0 Å². The molecule has 0 aromatic rings. The average molecular weight is 230 g/mol. The molecule has 0 radical (unpaired) electrons. The molecule has 94 valence electrons. The quantitative estimate of drug-likeness (QED) is 0.564. The van der Waals surface area contributed by atoms with Crippen LogP contribution in [0.3, 0.4) is 0 Å². The standard InChI is InChI=1S/C12H22O4/c1-3-4-5-6-15-11-9-10(13)12(11)16-8-7-14-2/h11-12H,3-9H2,1-2H3. The molecule has 0 heterocycles. The Labute approximate surface area is 97.2 Å². The number of rotatable bonds is 9. The lowest BCUT2D eigenvalue weighted by Gasteiger charge is -2.34. The van der Waals surface area contributed by atoms with Gasteiger partial charge in [0.2, 0.25) is 0 Å². The number of ketones is 1. The minimum atomic E-state index is -0.350. The van der Waals surface area contributed by atoms with E-state index in [9.17, 15) is 4.79 Å². The van der Waals surface area contributed by atoms with Gasteiger partial charge in [-0.2, -0.15) is 0 Å². The number of Topliss-reactive ketones (excluding diaryl/α,β-unsaturated/α-hetero) is 1. The van der Waals surface area contributed by atoms with E-state index in [1.807, 2.05) is 0 Å². The smallest absolute Gasteiger partial charge is 0.166 e. The van der Waals surface area contributed by atoms with E-state index < -0.39 is 0 Å². The maximum Gasteiger partial charge on any atom is 0.166 e. The van der Waals surface area contributed by atoms with Crippen LogP contribution in [0.25, 0.3) is 0 Å². The van der Waals surface area contributed by atoms with Crippen molar-refractivity contribution in [2.45, 2.75) is 44.8 Å². The number of hydrogen-bond acceptors (Lipinski definition) is 4. The van der Waals surface area contributed by atoms with Crippen LogP contribution in [0.4, 0.5) is 0 Å². The molecule has 0 saturated heterocycles. The molecule has 1 rings (SSSR count). The van der Waals surface area contributed by atoms with Gasteiger partial charge in [-0.3, -0.25) is 4.79 Å². The Hall–Kier alpha value is -0.450. The molecule has 0 spiro atoms. The first-order valence-corrected chi connectivity index (χ1v) is 6.04. The number of carbonyl (C=O) groups is 1. The monoisotopic (exact) mass is 230 g/mol. The Bertz CT molecular complexity index is 205. The average Bonchev–Trinajstić information content (AvgIpc) is 2.28. The summed E-state index contributed by atoms with van der Waals surface area (Å²) in [5.41, 5.74) is 0. The second-order valence-corrected chi connectivity index (χ2v) is 4.07. The third kappa shape index (κ3) is 4.20. The molecule has 0 aromatic carbocycles. The minimum absolute atomic E-state index is 0.0267. The molecule has 0 N–H and O–H groups in total. The van der Waals surface area contributed by atoms with Gasteiger partial charge in [0.05, 0.1) is 19.3 Å². The Morgan fingerprint density at radius 1 is 1.19 bits per heavy atom. The molecule has 0 amide bonds. The molecule has 0 aromatic heterocycles. The fraction of sp³-hybridized carbons (Fsp3) is 0.917. The van der Waals surface area contributed by atoms with E-state index in [1.54, 1.807) is 7.11 Å². The van der Waals surface area contributed by atoms with Crippen LogP contribution in [0.5, 0.6) is 0 Å². The van der Waals surface area contributed by atoms with Crippen molar-refractivity contribution in [1.29, 1.82) is 0 Å². The summed E-state index contributed by atoms with van der Waals surface area (Å²) in [5.74, 6) is 0.150. The van der Waals surface area contributed by atoms with Crippen molar-refractivity contribution in [3.8, 4) is 0 Å². The third-order valence-corrected chi connectivity index (χ3v) is 2.72. The number of unbranched alkanes of at least 4 members (excludes halogenated alkanes) is 2. The molecule has 2 atom stereocenters.